The highest BCUT2D eigenvalue weighted by Crippen LogP contribution is 2.21. The molecule has 0 atom stereocenters. The Morgan fingerprint density at radius 3 is 2.75 bits per heavy atom. The standard InChI is InChI=1S/C17H17N3O2S2/c1-3-20-16(22)15-13(8-9-23-15)19-17(20)24-10-14(21)18-12-6-4-11(2)5-7-12/h4-9H,3,10H2,1-2H3,(H,18,21). The molecule has 0 bridgehead atoms. The molecule has 3 aromatic rings. The van der Waals surface area contributed by atoms with Crippen LogP contribution in [0.4, 0.5) is 5.69 Å². The van der Waals surface area contributed by atoms with Gasteiger partial charge in [0.15, 0.2) is 5.16 Å². The van der Waals surface area contributed by atoms with Crippen LogP contribution in [-0.2, 0) is 11.3 Å². The van der Waals surface area contributed by atoms with Crippen molar-refractivity contribution in [3.63, 3.8) is 0 Å². The Morgan fingerprint density at radius 1 is 1.29 bits per heavy atom. The van der Waals surface area contributed by atoms with Gasteiger partial charge in [-0.1, -0.05) is 29.5 Å². The molecule has 0 unspecified atom stereocenters. The van der Waals surface area contributed by atoms with Gasteiger partial charge in [-0.05, 0) is 37.4 Å². The number of aryl methyl sites for hydroxylation is 1. The molecule has 2 aromatic heterocycles. The van der Waals surface area contributed by atoms with Gasteiger partial charge >= 0.3 is 0 Å². The molecule has 5 nitrogen and oxygen atoms in total. The predicted octanol–water partition coefficient (Wildman–Crippen LogP) is 3.52. The first-order valence-electron chi connectivity index (χ1n) is 7.56. The molecule has 0 aliphatic heterocycles. The molecule has 0 radical (unpaired) electrons. The van der Waals surface area contributed by atoms with Crippen molar-refractivity contribution in [2.75, 3.05) is 11.1 Å². The maximum absolute atomic E-state index is 12.4. The minimum absolute atomic E-state index is 0.0426. The highest BCUT2D eigenvalue weighted by molar-refractivity contribution is 7.99. The maximum atomic E-state index is 12.4. The maximum Gasteiger partial charge on any atom is 0.272 e. The third-order valence-corrected chi connectivity index (χ3v) is 5.38. The van der Waals surface area contributed by atoms with Gasteiger partial charge < -0.3 is 5.32 Å². The zero-order chi connectivity index (χ0) is 17.1. The normalized spacial score (nSPS) is 10.9. The summed E-state index contributed by atoms with van der Waals surface area (Å²) in [6.07, 6.45) is 0. The van der Waals surface area contributed by atoms with Crippen LogP contribution in [0, 0.1) is 6.92 Å². The molecule has 0 spiro atoms. The largest absolute Gasteiger partial charge is 0.325 e. The van der Waals surface area contributed by atoms with Crippen LogP contribution in [0.2, 0.25) is 0 Å². The third-order valence-electron chi connectivity index (χ3n) is 3.51. The number of aromatic nitrogens is 2. The Kier molecular flexibility index (Phi) is 5.01. The van der Waals surface area contributed by atoms with Gasteiger partial charge in [-0.2, -0.15) is 0 Å². The van der Waals surface area contributed by atoms with Gasteiger partial charge in [0.1, 0.15) is 4.70 Å². The summed E-state index contributed by atoms with van der Waals surface area (Å²) >= 11 is 2.67. The molecule has 2 heterocycles. The molecule has 1 amide bonds. The number of fused-ring (bicyclic) bond motifs is 1. The van der Waals surface area contributed by atoms with E-state index >= 15 is 0 Å². The molecule has 1 aromatic carbocycles. The summed E-state index contributed by atoms with van der Waals surface area (Å²) in [5.74, 6) is 0.0850. The van der Waals surface area contributed by atoms with E-state index in [1.807, 2.05) is 49.6 Å². The topological polar surface area (TPSA) is 64.0 Å². The summed E-state index contributed by atoms with van der Waals surface area (Å²) in [4.78, 5) is 29.1. The molecule has 0 aliphatic rings. The van der Waals surface area contributed by atoms with Crippen LogP contribution < -0.4 is 10.9 Å². The van der Waals surface area contributed by atoms with E-state index in [0.29, 0.717) is 21.9 Å². The second-order valence-electron chi connectivity index (χ2n) is 5.28. The summed E-state index contributed by atoms with van der Waals surface area (Å²) in [6, 6.07) is 9.47. The Hall–Kier alpha value is -2.12. The van der Waals surface area contributed by atoms with Gasteiger partial charge in [-0.15, -0.1) is 11.3 Å². The van der Waals surface area contributed by atoms with Gasteiger partial charge in [0.05, 0.1) is 11.3 Å². The van der Waals surface area contributed by atoms with Gasteiger partial charge in [-0.25, -0.2) is 4.98 Å². The molecule has 3 rings (SSSR count). The lowest BCUT2D eigenvalue weighted by molar-refractivity contribution is -0.113. The Bertz CT molecular complexity index is 929. The highest BCUT2D eigenvalue weighted by Gasteiger charge is 2.13. The second kappa shape index (κ2) is 7.19. The molecule has 0 aliphatic carbocycles. The molecule has 0 saturated heterocycles. The quantitative estimate of drug-likeness (QED) is 0.559. The molecule has 0 fully saturated rings. The van der Waals surface area contributed by atoms with E-state index in [1.165, 1.54) is 23.1 Å². The van der Waals surface area contributed by atoms with E-state index in [0.717, 1.165) is 11.3 Å². The zero-order valence-corrected chi connectivity index (χ0v) is 15.0. The molecular weight excluding hydrogens is 342 g/mol. The van der Waals surface area contributed by atoms with E-state index in [-0.39, 0.29) is 17.2 Å². The number of hydrogen-bond acceptors (Lipinski definition) is 5. The number of nitrogens with one attached hydrogen (secondary N) is 1. The number of anilines is 1. The van der Waals surface area contributed by atoms with Crippen LogP contribution in [0.1, 0.15) is 12.5 Å². The van der Waals surface area contributed by atoms with E-state index in [4.69, 9.17) is 0 Å². The van der Waals surface area contributed by atoms with E-state index < -0.39 is 0 Å². The average molecular weight is 359 g/mol. The third kappa shape index (κ3) is 3.52. The molecular formula is C17H17N3O2S2. The smallest absolute Gasteiger partial charge is 0.272 e. The van der Waals surface area contributed by atoms with Crippen molar-refractivity contribution in [3.8, 4) is 0 Å². The number of carbonyl (C=O) groups excluding carboxylic acids is 1. The highest BCUT2D eigenvalue weighted by atomic mass is 32.2. The number of hydrogen-bond donors (Lipinski definition) is 1. The van der Waals surface area contributed by atoms with E-state index in [1.54, 1.807) is 4.57 Å². The van der Waals surface area contributed by atoms with Crippen LogP contribution in [0.25, 0.3) is 10.2 Å². The molecule has 0 saturated carbocycles. The van der Waals surface area contributed by atoms with Crippen LogP contribution in [-0.4, -0.2) is 21.2 Å². The molecule has 7 heteroatoms. The number of thioether (sulfide) groups is 1. The fourth-order valence-corrected chi connectivity index (χ4v) is 3.92. The number of rotatable bonds is 5. The minimum atomic E-state index is -0.119. The predicted molar refractivity (Wildman–Crippen MR) is 100 cm³/mol. The summed E-state index contributed by atoms with van der Waals surface area (Å²) in [5.41, 5.74) is 2.55. The lowest BCUT2D eigenvalue weighted by Crippen LogP contribution is -2.22. The molecule has 124 valence electrons. The van der Waals surface area contributed by atoms with Crippen LogP contribution in [0.15, 0.2) is 45.7 Å². The Labute approximate surface area is 147 Å². The van der Waals surface area contributed by atoms with Crippen LogP contribution in [0.3, 0.4) is 0 Å². The van der Waals surface area contributed by atoms with E-state index in [2.05, 4.69) is 10.3 Å². The number of amides is 1. The van der Waals surface area contributed by atoms with Crippen molar-refractivity contribution in [3.05, 3.63) is 51.6 Å². The van der Waals surface area contributed by atoms with Crippen molar-refractivity contribution in [1.82, 2.24) is 9.55 Å². The zero-order valence-electron chi connectivity index (χ0n) is 13.4. The fraction of sp³-hybridized carbons (Fsp3) is 0.235. The van der Waals surface area contributed by atoms with Crippen molar-refractivity contribution < 1.29 is 4.79 Å². The summed E-state index contributed by atoms with van der Waals surface area (Å²) in [6.45, 7) is 4.43. The minimum Gasteiger partial charge on any atom is -0.325 e. The van der Waals surface area contributed by atoms with E-state index in [9.17, 15) is 9.59 Å². The van der Waals surface area contributed by atoms with Gasteiger partial charge in [-0.3, -0.25) is 14.2 Å². The SMILES string of the molecule is CCn1c(SCC(=O)Nc2ccc(C)cc2)nc2ccsc2c1=O. The first kappa shape index (κ1) is 16.7. The number of carbonyl (C=O) groups is 1. The number of nitrogens with zero attached hydrogens (tertiary/aromatic N) is 2. The average Bonchev–Trinajstić information content (AvgIpc) is 3.04. The van der Waals surface area contributed by atoms with Crippen molar-refractivity contribution in [2.45, 2.75) is 25.5 Å². The van der Waals surface area contributed by atoms with Gasteiger partial charge in [0, 0.05) is 12.2 Å². The lowest BCUT2D eigenvalue weighted by atomic mass is 10.2. The summed E-state index contributed by atoms with van der Waals surface area (Å²) in [7, 11) is 0. The second-order valence-corrected chi connectivity index (χ2v) is 7.14. The fourth-order valence-electron chi connectivity index (χ4n) is 2.28. The van der Waals surface area contributed by atoms with Gasteiger partial charge in [0.2, 0.25) is 5.91 Å². The Morgan fingerprint density at radius 2 is 2.04 bits per heavy atom. The molecule has 1 N–H and O–H groups in total. The summed E-state index contributed by atoms with van der Waals surface area (Å²) in [5, 5.41) is 5.29. The van der Waals surface area contributed by atoms with Gasteiger partial charge in [0.25, 0.3) is 5.56 Å². The first-order valence-corrected chi connectivity index (χ1v) is 9.42. The Balaban J connectivity index is 1.74. The summed E-state index contributed by atoms with van der Waals surface area (Å²) < 4.78 is 2.27. The van der Waals surface area contributed by atoms with Crippen molar-refractivity contribution in [1.29, 1.82) is 0 Å². The van der Waals surface area contributed by atoms with Crippen molar-refractivity contribution in [2.24, 2.45) is 0 Å². The van der Waals surface area contributed by atoms with Crippen molar-refractivity contribution >= 4 is 44.9 Å². The number of thiophene rings is 1. The lowest BCUT2D eigenvalue weighted by Gasteiger charge is -2.10. The van der Waals surface area contributed by atoms with Crippen LogP contribution >= 0.6 is 23.1 Å². The number of benzene rings is 1. The monoisotopic (exact) mass is 359 g/mol. The van der Waals surface area contributed by atoms with Crippen LogP contribution in [0.5, 0.6) is 0 Å². The first-order chi connectivity index (χ1) is 11.6. The molecule has 24 heavy (non-hydrogen) atoms.